The van der Waals surface area contributed by atoms with E-state index in [-0.39, 0.29) is 18.7 Å². The highest BCUT2D eigenvalue weighted by Crippen LogP contribution is 2.18. The standard InChI is InChI=1S/C15H15N3O5/c19-12-7-11(17-15(23)18-12)14(22)16-8-10(6-13(20)21)9-4-2-1-3-5-9/h1-5,7,10H,6,8H2,(H,16,22)(H,20,21)(H2,17,18,19,23)/t10-/m1/s1. The zero-order valence-corrected chi connectivity index (χ0v) is 12.0. The van der Waals surface area contributed by atoms with Crippen molar-refractivity contribution in [3.8, 4) is 0 Å². The average molecular weight is 317 g/mol. The van der Waals surface area contributed by atoms with E-state index in [0.29, 0.717) is 0 Å². The molecule has 0 saturated heterocycles. The Kier molecular flexibility index (Phi) is 5.08. The van der Waals surface area contributed by atoms with E-state index in [9.17, 15) is 19.2 Å². The average Bonchev–Trinajstić information content (AvgIpc) is 2.50. The Morgan fingerprint density at radius 1 is 1.13 bits per heavy atom. The van der Waals surface area contributed by atoms with Gasteiger partial charge in [-0.05, 0) is 5.56 Å². The summed E-state index contributed by atoms with van der Waals surface area (Å²) < 4.78 is 0. The summed E-state index contributed by atoms with van der Waals surface area (Å²) in [5.41, 5.74) is -0.882. The van der Waals surface area contributed by atoms with Gasteiger partial charge >= 0.3 is 11.7 Å². The zero-order chi connectivity index (χ0) is 16.8. The van der Waals surface area contributed by atoms with Crippen LogP contribution in [0.2, 0.25) is 0 Å². The summed E-state index contributed by atoms with van der Waals surface area (Å²) >= 11 is 0. The van der Waals surface area contributed by atoms with Gasteiger partial charge in [0.1, 0.15) is 5.69 Å². The van der Waals surface area contributed by atoms with Crippen molar-refractivity contribution in [1.29, 1.82) is 0 Å². The molecule has 0 fully saturated rings. The van der Waals surface area contributed by atoms with Crippen molar-refractivity contribution in [2.24, 2.45) is 0 Å². The molecule has 1 heterocycles. The molecule has 0 radical (unpaired) electrons. The molecule has 8 heteroatoms. The molecular weight excluding hydrogens is 302 g/mol. The van der Waals surface area contributed by atoms with Crippen LogP contribution in [0, 0.1) is 0 Å². The van der Waals surface area contributed by atoms with E-state index in [4.69, 9.17) is 5.11 Å². The molecule has 23 heavy (non-hydrogen) atoms. The molecule has 1 aromatic carbocycles. The minimum atomic E-state index is -0.988. The summed E-state index contributed by atoms with van der Waals surface area (Å²) in [5, 5.41) is 11.5. The number of aromatic amines is 2. The van der Waals surface area contributed by atoms with E-state index < -0.39 is 29.0 Å². The van der Waals surface area contributed by atoms with Gasteiger partial charge in [0.05, 0.1) is 6.42 Å². The second-order valence-electron chi connectivity index (χ2n) is 4.92. The molecule has 120 valence electrons. The minimum absolute atomic E-state index is 0.0595. The van der Waals surface area contributed by atoms with Crippen LogP contribution in [0.1, 0.15) is 28.4 Å². The Hall–Kier alpha value is -3.16. The van der Waals surface area contributed by atoms with E-state index in [2.05, 4.69) is 10.3 Å². The third kappa shape index (κ3) is 4.67. The number of amides is 1. The van der Waals surface area contributed by atoms with Gasteiger partial charge in [0, 0.05) is 18.5 Å². The first-order chi connectivity index (χ1) is 11.0. The SMILES string of the molecule is O=C(O)C[C@H](CNC(=O)c1cc(=O)[nH]c(=O)[nH]1)c1ccccc1. The van der Waals surface area contributed by atoms with Gasteiger partial charge in [-0.25, -0.2) is 4.79 Å². The summed E-state index contributed by atoms with van der Waals surface area (Å²) in [4.78, 5) is 49.5. The van der Waals surface area contributed by atoms with Crippen LogP contribution in [0.25, 0.3) is 0 Å². The molecule has 1 amide bonds. The number of aliphatic carboxylic acids is 1. The van der Waals surface area contributed by atoms with Crippen molar-refractivity contribution in [2.75, 3.05) is 6.54 Å². The van der Waals surface area contributed by atoms with Gasteiger partial charge in [-0.3, -0.25) is 19.4 Å². The largest absolute Gasteiger partial charge is 0.481 e. The highest BCUT2D eigenvalue weighted by Gasteiger charge is 2.17. The van der Waals surface area contributed by atoms with Gasteiger partial charge < -0.3 is 15.4 Å². The van der Waals surface area contributed by atoms with Crippen LogP contribution in [0.4, 0.5) is 0 Å². The van der Waals surface area contributed by atoms with E-state index >= 15 is 0 Å². The number of carbonyl (C=O) groups is 2. The van der Waals surface area contributed by atoms with E-state index in [1.165, 1.54) is 0 Å². The fraction of sp³-hybridized carbons (Fsp3) is 0.200. The molecule has 1 atom stereocenters. The molecule has 0 unspecified atom stereocenters. The van der Waals surface area contributed by atoms with Crippen molar-refractivity contribution in [3.05, 3.63) is 68.5 Å². The summed E-state index contributed by atoms with van der Waals surface area (Å²) in [6.45, 7) is 0.0595. The topological polar surface area (TPSA) is 132 Å². The van der Waals surface area contributed by atoms with Crippen molar-refractivity contribution in [2.45, 2.75) is 12.3 Å². The van der Waals surface area contributed by atoms with Crippen molar-refractivity contribution >= 4 is 11.9 Å². The lowest BCUT2D eigenvalue weighted by molar-refractivity contribution is -0.137. The van der Waals surface area contributed by atoms with Crippen LogP contribution in [-0.4, -0.2) is 33.5 Å². The Morgan fingerprint density at radius 2 is 1.83 bits per heavy atom. The minimum Gasteiger partial charge on any atom is -0.481 e. The third-order valence-electron chi connectivity index (χ3n) is 3.21. The maximum absolute atomic E-state index is 12.0. The summed E-state index contributed by atoms with van der Waals surface area (Å²) in [6.07, 6.45) is -0.157. The number of benzene rings is 1. The maximum atomic E-state index is 12.0. The number of H-pyrrole nitrogens is 2. The number of aromatic nitrogens is 2. The van der Waals surface area contributed by atoms with Gasteiger partial charge in [0.2, 0.25) is 0 Å². The number of carboxylic acid groups (broad SMARTS) is 1. The zero-order valence-electron chi connectivity index (χ0n) is 12.0. The molecule has 0 aliphatic carbocycles. The molecule has 0 aliphatic heterocycles. The summed E-state index contributed by atoms with van der Waals surface area (Å²) in [6, 6.07) is 9.87. The number of hydrogen-bond acceptors (Lipinski definition) is 4. The molecule has 0 saturated carbocycles. The summed E-state index contributed by atoms with van der Waals surface area (Å²) in [7, 11) is 0. The maximum Gasteiger partial charge on any atom is 0.326 e. The van der Waals surface area contributed by atoms with Gasteiger partial charge in [-0.15, -0.1) is 0 Å². The predicted molar refractivity (Wildman–Crippen MR) is 81.5 cm³/mol. The highest BCUT2D eigenvalue weighted by atomic mass is 16.4. The van der Waals surface area contributed by atoms with E-state index in [1.54, 1.807) is 30.3 Å². The number of hydrogen-bond donors (Lipinski definition) is 4. The van der Waals surface area contributed by atoms with Gasteiger partial charge in [-0.1, -0.05) is 30.3 Å². The first kappa shape index (κ1) is 16.2. The first-order valence-electron chi connectivity index (χ1n) is 6.84. The Labute approximate surface area is 130 Å². The van der Waals surface area contributed by atoms with Crippen LogP contribution < -0.4 is 16.6 Å². The molecule has 2 aromatic rings. The molecule has 0 aliphatic rings. The van der Waals surface area contributed by atoms with Gasteiger partial charge in [0.15, 0.2) is 0 Å². The smallest absolute Gasteiger partial charge is 0.326 e. The van der Waals surface area contributed by atoms with Crippen LogP contribution in [0.3, 0.4) is 0 Å². The molecule has 0 bridgehead atoms. The van der Waals surface area contributed by atoms with Gasteiger partial charge in [0.25, 0.3) is 11.5 Å². The molecule has 8 nitrogen and oxygen atoms in total. The van der Waals surface area contributed by atoms with Crippen LogP contribution in [-0.2, 0) is 4.79 Å². The van der Waals surface area contributed by atoms with Crippen molar-refractivity contribution < 1.29 is 14.7 Å². The predicted octanol–water partition coefficient (Wildman–Crippen LogP) is 0.0515. The quantitative estimate of drug-likeness (QED) is 0.597. The normalized spacial score (nSPS) is 11.7. The second kappa shape index (κ2) is 7.21. The monoisotopic (exact) mass is 317 g/mol. The van der Waals surface area contributed by atoms with Crippen LogP contribution >= 0.6 is 0 Å². The lowest BCUT2D eigenvalue weighted by Crippen LogP contribution is -2.33. The van der Waals surface area contributed by atoms with Crippen molar-refractivity contribution in [3.63, 3.8) is 0 Å². The lowest BCUT2D eigenvalue weighted by atomic mass is 9.95. The summed E-state index contributed by atoms with van der Waals surface area (Å²) in [5.74, 6) is -2.07. The highest BCUT2D eigenvalue weighted by molar-refractivity contribution is 5.92. The van der Waals surface area contributed by atoms with Crippen LogP contribution in [0.15, 0.2) is 46.0 Å². The third-order valence-corrected chi connectivity index (χ3v) is 3.21. The molecular formula is C15H15N3O5. The molecule has 2 rings (SSSR count). The fourth-order valence-electron chi connectivity index (χ4n) is 2.15. The first-order valence-corrected chi connectivity index (χ1v) is 6.84. The Morgan fingerprint density at radius 3 is 2.43 bits per heavy atom. The Bertz CT molecular complexity index is 781. The number of nitrogens with one attached hydrogen (secondary N) is 3. The Balaban J connectivity index is 2.11. The van der Waals surface area contributed by atoms with Gasteiger partial charge in [-0.2, -0.15) is 0 Å². The number of carboxylic acids is 1. The van der Waals surface area contributed by atoms with E-state index in [1.807, 2.05) is 4.98 Å². The lowest BCUT2D eigenvalue weighted by Gasteiger charge is -2.16. The van der Waals surface area contributed by atoms with Crippen LogP contribution in [0.5, 0.6) is 0 Å². The molecule has 0 spiro atoms. The number of rotatable bonds is 6. The van der Waals surface area contributed by atoms with E-state index in [0.717, 1.165) is 11.6 Å². The fourth-order valence-corrected chi connectivity index (χ4v) is 2.15. The number of carbonyl (C=O) groups excluding carboxylic acids is 1. The van der Waals surface area contributed by atoms with Crippen molar-refractivity contribution in [1.82, 2.24) is 15.3 Å². The molecule has 4 N–H and O–H groups in total. The molecule has 1 aromatic heterocycles. The second-order valence-corrected chi connectivity index (χ2v) is 4.92.